The fourth-order valence-corrected chi connectivity index (χ4v) is 1.32. The summed E-state index contributed by atoms with van der Waals surface area (Å²) < 4.78 is 5.09. The molecule has 0 saturated heterocycles. The van der Waals surface area contributed by atoms with Gasteiger partial charge >= 0.3 is 12.0 Å². The minimum absolute atomic E-state index is 0.310. The van der Waals surface area contributed by atoms with Crippen molar-refractivity contribution < 1.29 is 19.4 Å². The summed E-state index contributed by atoms with van der Waals surface area (Å²) in [5.41, 5.74) is 0.421. The maximum absolute atomic E-state index is 11.8. The largest absolute Gasteiger partial charge is 0.480 e. The maximum Gasteiger partial charge on any atom is 0.341 e. The Balaban J connectivity index is 2.74. The SMILES string of the molecule is C=CCN(C)C(=O)Nc1ccccc1OCC(=O)O. The molecule has 2 N–H and O–H groups in total. The number of aliphatic carboxylic acids is 1. The van der Waals surface area contributed by atoms with Gasteiger partial charge in [-0.2, -0.15) is 0 Å². The van der Waals surface area contributed by atoms with Gasteiger partial charge in [0.25, 0.3) is 0 Å². The van der Waals surface area contributed by atoms with Crippen molar-refractivity contribution in [1.82, 2.24) is 4.90 Å². The molecule has 0 fully saturated rings. The first kappa shape index (κ1) is 14.6. The number of nitrogens with one attached hydrogen (secondary N) is 1. The number of likely N-dealkylation sites (N-methyl/N-ethyl adjacent to an activating group) is 1. The molecule has 0 aliphatic carbocycles. The number of carbonyl (C=O) groups excluding carboxylic acids is 1. The van der Waals surface area contributed by atoms with Crippen LogP contribution in [-0.2, 0) is 4.79 Å². The summed E-state index contributed by atoms with van der Waals surface area (Å²) in [5.74, 6) is -0.768. The third kappa shape index (κ3) is 4.71. The van der Waals surface area contributed by atoms with Crippen molar-refractivity contribution in [1.29, 1.82) is 0 Å². The average Bonchev–Trinajstić information content (AvgIpc) is 2.37. The first-order valence-corrected chi connectivity index (χ1v) is 5.61. The Kier molecular flexibility index (Phi) is 5.40. The second-order valence-corrected chi connectivity index (χ2v) is 3.78. The summed E-state index contributed by atoms with van der Waals surface area (Å²) in [7, 11) is 1.62. The first-order valence-electron chi connectivity index (χ1n) is 5.61. The number of carboxylic acids is 1. The van der Waals surface area contributed by atoms with E-state index in [0.29, 0.717) is 18.0 Å². The van der Waals surface area contributed by atoms with Crippen LogP contribution in [-0.4, -0.2) is 42.2 Å². The van der Waals surface area contributed by atoms with Crippen LogP contribution in [0.25, 0.3) is 0 Å². The molecule has 6 heteroatoms. The van der Waals surface area contributed by atoms with Crippen LogP contribution in [0.2, 0.25) is 0 Å². The molecule has 0 saturated carbocycles. The number of carbonyl (C=O) groups is 2. The molecular weight excluding hydrogens is 248 g/mol. The van der Waals surface area contributed by atoms with Crippen molar-refractivity contribution in [2.75, 3.05) is 25.5 Å². The zero-order valence-corrected chi connectivity index (χ0v) is 10.6. The summed E-state index contributed by atoms with van der Waals surface area (Å²) in [6, 6.07) is 6.31. The first-order chi connectivity index (χ1) is 9.04. The second-order valence-electron chi connectivity index (χ2n) is 3.78. The van der Waals surface area contributed by atoms with E-state index in [1.807, 2.05) is 0 Å². The van der Waals surface area contributed by atoms with Gasteiger partial charge in [-0.1, -0.05) is 18.2 Å². The normalized spacial score (nSPS) is 9.53. The molecule has 0 aromatic heterocycles. The van der Waals surface area contributed by atoms with Crippen LogP contribution in [0, 0.1) is 0 Å². The van der Waals surface area contributed by atoms with E-state index in [-0.39, 0.29) is 6.03 Å². The molecule has 0 atom stereocenters. The predicted octanol–water partition coefficient (Wildman–Crippen LogP) is 1.80. The van der Waals surface area contributed by atoms with Gasteiger partial charge in [0.15, 0.2) is 6.61 Å². The quantitative estimate of drug-likeness (QED) is 0.768. The van der Waals surface area contributed by atoms with Gasteiger partial charge in [0.2, 0.25) is 0 Å². The summed E-state index contributed by atoms with van der Waals surface area (Å²) in [4.78, 5) is 23.7. The number of hydrogen-bond donors (Lipinski definition) is 2. The van der Waals surface area contributed by atoms with Crippen molar-refractivity contribution in [3.8, 4) is 5.75 Å². The van der Waals surface area contributed by atoms with E-state index in [1.165, 1.54) is 4.90 Å². The van der Waals surface area contributed by atoms with E-state index >= 15 is 0 Å². The topological polar surface area (TPSA) is 78.9 Å². The molecule has 102 valence electrons. The lowest BCUT2D eigenvalue weighted by Gasteiger charge is -2.17. The summed E-state index contributed by atoms with van der Waals surface area (Å²) in [5, 5.41) is 11.2. The Bertz CT molecular complexity index is 473. The second kappa shape index (κ2) is 7.05. The standard InChI is InChI=1S/C13H16N2O4/c1-3-8-15(2)13(18)14-10-6-4-5-7-11(10)19-9-12(16)17/h3-7H,1,8-9H2,2H3,(H,14,18)(H,16,17). The van der Waals surface area contributed by atoms with E-state index in [2.05, 4.69) is 11.9 Å². The molecule has 0 radical (unpaired) electrons. The molecule has 0 spiro atoms. The van der Waals surface area contributed by atoms with Crippen molar-refractivity contribution in [2.45, 2.75) is 0 Å². The predicted molar refractivity (Wildman–Crippen MR) is 71.4 cm³/mol. The number of ether oxygens (including phenoxy) is 1. The van der Waals surface area contributed by atoms with Crippen LogP contribution in [0.15, 0.2) is 36.9 Å². The number of rotatable bonds is 6. The van der Waals surface area contributed by atoms with E-state index in [0.717, 1.165) is 0 Å². The fourth-order valence-electron chi connectivity index (χ4n) is 1.32. The van der Waals surface area contributed by atoms with Crippen LogP contribution < -0.4 is 10.1 Å². The fraction of sp³-hybridized carbons (Fsp3) is 0.231. The molecule has 2 amide bonds. The van der Waals surface area contributed by atoms with Gasteiger partial charge in [-0.3, -0.25) is 0 Å². The molecule has 6 nitrogen and oxygen atoms in total. The van der Waals surface area contributed by atoms with Gasteiger partial charge in [-0.25, -0.2) is 9.59 Å². The van der Waals surface area contributed by atoms with Crippen molar-refractivity contribution in [3.05, 3.63) is 36.9 Å². The smallest absolute Gasteiger partial charge is 0.341 e. The lowest BCUT2D eigenvalue weighted by molar-refractivity contribution is -0.139. The van der Waals surface area contributed by atoms with Crippen LogP contribution in [0.3, 0.4) is 0 Å². The van der Waals surface area contributed by atoms with Crippen LogP contribution >= 0.6 is 0 Å². The molecule has 19 heavy (non-hydrogen) atoms. The van der Waals surface area contributed by atoms with E-state index in [9.17, 15) is 9.59 Å². The third-order valence-electron chi connectivity index (χ3n) is 2.23. The van der Waals surface area contributed by atoms with Gasteiger partial charge in [0, 0.05) is 13.6 Å². The zero-order chi connectivity index (χ0) is 14.3. The van der Waals surface area contributed by atoms with Crippen LogP contribution in [0.4, 0.5) is 10.5 Å². The summed E-state index contributed by atoms with van der Waals surface area (Å²) in [6.45, 7) is 3.49. The summed E-state index contributed by atoms with van der Waals surface area (Å²) >= 11 is 0. The highest BCUT2D eigenvalue weighted by atomic mass is 16.5. The summed E-state index contributed by atoms with van der Waals surface area (Å²) in [6.07, 6.45) is 1.60. The number of nitrogens with zero attached hydrogens (tertiary/aromatic N) is 1. The van der Waals surface area contributed by atoms with Crippen molar-refractivity contribution in [3.63, 3.8) is 0 Å². The van der Waals surface area contributed by atoms with Gasteiger partial charge in [0.1, 0.15) is 5.75 Å². The molecule has 0 unspecified atom stereocenters. The molecule has 0 aliphatic rings. The molecule has 0 heterocycles. The number of carboxylic acid groups (broad SMARTS) is 1. The Morgan fingerprint density at radius 2 is 2.16 bits per heavy atom. The number of para-hydroxylation sites is 2. The number of benzene rings is 1. The minimum atomic E-state index is -1.08. The Hall–Kier alpha value is -2.50. The monoisotopic (exact) mass is 264 g/mol. The Morgan fingerprint density at radius 3 is 2.79 bits per heavy atom. The lowest BCUT2D eigenvalue weighted by Crippen LogP contribution is -2.31. The number of hydrogen-bond acceptors (Lipinski definition) is 3. The highest BCUT2D eigenvalue weighted by Gasteiger charge is 2.11. The molecule has 1 aromatic carbocycles. The van der Waals surface area contributed by atoms with Gasteiger partial charge < -0.3 is 20.1 Å². The van der Waals surface area contributed by atoms with Gasteiger partial charge in [0.05, 0.1) is 5.69 Å². The third-order valence-corrected chi connectivity index (χ3v) is 2.23. The number of urea groups is 1. The van der Waals surface area contributed by atoms with E-state index in [1.54, 1.807) is 37.4 Å². The van der Waals surface area contributed by atoms with Gasteiger partial charge in [-0.15, -0.1) is 6.58 Å². The van der Waals surface area contributed by atoms with Gasteiger partial charge in [-0.05, 0) is 12.1 Å². The zero-order valence-electron chi connectivity index (χ0n) is 10.6. The highest BCUT2D eigenvalue weighted by molar-refractivity contribution is 5.90. The Morgan fingerprint density at radius 1 is 1.47 bits per heavy atom. The molecule has 1 rings (SSSR count). The average molecular weight is 264 g/mol. The molecule has 1 aromatic rings. The molecular formula is C13H16N2O4. The van der Waals surface area contributed by atoms with Crippen molar-refractivity contribution >= 4 is 17.7 Å². The Labute approximate surface area is 111 Å². The number of amides is 2. The number of anilines is 1. The molecule has 0 aliphatic heterocycles. The molecule has 0 bridgehead atoms. The maximum atomic E-state index is 11.8. The highest BCUT2D eigenvalue weighted by Crippen LogP contribution is 2.23. The lowest BCUT2D eigenvalue weighted by atomic mass is 10.3. The van der Waals surface area contributed by atoms with Crippen molar-refractivity contribution in [2.24, 2.45) is 0 Å². The van der Waals surface area contributed by atoms with Crippen LogP contribution in [0.1, 0.15) is 0 Å². The minimum Gasteiger partial charge on any atom is -0.480 e. The van der Waals surface area contributed by atoms with Crippen LogP contribution in [0.5, 0.6) is 5.75 Å². The van der Waals surface area contributed by atoms with E-state index in [4.69, 9.17) is 9.84 Å². The van der Waals surface area contributed by atoms with E-state index < -0.39 is 12.6 Å².